The van der Waals surface area contributed by atoms with E-state index in [0.717, 1.165) is 38.4 Å². The fraction of sp³-hybridized carbons (Fsp3) is 0.308. The van der Waals surface area contributed by atoms with E-state index in [1.165, 1.54) is 18.2 Å². The molecule has 10 nitrogen and oxygen atoms in total. The number of carbonyl (C=O) groups excluding carboxylic acids is 2. The molecule has 0 aliphatic carbocycles. The van der Waals surface area contributed by atoms with Gasteiger partial charge in [0.1, 0.15) is 5.76 Å². The van der Waals surface area contributed by atoms with Crippen LogP contribution < -0.4 is 10.2 Å². The average molecular weight is 493 g/mol. The number of hydrogen-bond donors (Lipinski definition) is 1. The second kappa shape index (κ2) is 11.0. The molecule has 1 saturated heterocycles. The average Bonchev–Trinajstić information content (AvgIpc) is 3.40. The number of nitro groups is 1. The molecule has 1 amide bonds. The van der Waals surface area contributed by atoms with E-state index in [-0.39, 0.29) is 18.1 Å². The van der Waals surface area contributed by atoms with Crippen LogP contribution in [0.25, 0.3) is 11.3 Å². The van der Waals surface area contributed by atoms with Crippen molar-refractivity contribution in [2.24, 2.45) is 0 Å². The van der Waals surface area contributed by atoms with Gasteiger partial charge in [-0.25, -0.2) is 4.79 Å². The highest BCUT2D eigenvalue weighted by Gasteiger charge is 2.22. The number of furan rings is 1. The third-order valence-corrected chi connectivity index (χ3v) is 6.09. The van der Waals surface area contributed by atoms with Gasteiger partial charge in [-0.3, -0.25) is 14.9 Å². The van der Waals surface area contributed by atoms with Crippen molar-refractivity contribution in [1.29, 1.82) is 0 Å². The third-order valence-electron chi connectivity index (χ3n) is 6.09. The van der Waals surface area contributed by atoms with Crippen LogP contribution in [0.3, 0.4) is 0 Å². The maximum atomic E-state index is 13.1. The lowest BCUT2D eigenvalue weighted by Crippen LogP contribution is -2.46. The van der Waals surface area contributed by atoms with Gasteiger partial charge in [-0.1, -0.05) is 19.1 Å². The first kappa shape index (κ1) is 24.9. The highest BCUT2D eigenvalue weighted by atomic mass is 16.6. The Labute approximate surface area is 208 Å². The number of nitro benzene ring substituents is 1. The molecule has 0 unspecified atom stereocenters. The number of esters is 1. The van der Waals surface area contributed by atoms with Crippen molar-refractivity contribution < 1.29 is 23.7 Å². The number of ether oxygens (including phenoxy) is 1. The zero-order valence-corrected chi connectivity index (χ0v) is 20.2. The van der Waals surface area contributed by atoms with Crippen molar-refractivity contribution in [2.75, 3.05) is 49.5 Å². The molecule has 0 atom stereocenters. The number of hydrogen-bond acceptors (Lipinski definition) is 8. The molecule has 36 heavy (non-hydrogen) atoms. The molecule has 188 valence electrons. The first-order chi connectivity index (χ1) is 17.4. The van der Waals surface area contributed by atoms with Gasteiger partial charge in [0.25, 0.3) is 11.6 Å². The molecule has 0 radical (unpaired) electrons. The monoisotopic (exact) mass is 492 g/mol. The number of anilines is 2. The largest absolute Gasteiger partial charge is 0.462 e. The Hall–Kier alpha value is -4.18. The van der Waals surface area contributed by atoms with Crippen LogP contribution in [0.1, 0.15) is 34.8 Å². The Kier molecular flexibility index (Phi) is 7.65. The lowest BCUT2D eigenvalue weighted by atomic mass is 10.1. The van der Waals surface area contributed by atoms with Crippen molar-refractivity contribution in [2.45, 2.75) is 13.8 Å². The fourth-order valence-corrected chi connectivity index (χ4v) is 4.13. The number of non-ortho nitro benzene ring substituents is 1. The maximum Gasteiger partial charge on any atom is 0.338 e. The predicted octanol–water partition coefficient (Wildman–Crippen LogP) is 4.43. The first-order valence-electron chi connectivity index (χ1n) is 11.8. The fourth-order valence-electron chi connectivity index (χ4n) is 4.13. The van der Waals surface area contributed by atoms with Crippen LogP contribution >= 0.6 is 0 Å². The van der Waals surface area contributed by atoms with Gasteiger partial charge in [0, 0.05) is 43.9 Å². The number of amides is 1. The van der Waals surface area contributed by atoms with Crippen LogP contribution in [0.15, 0.2) is 59.0 Å². The second-order valence-electron chi connectivity index (χ2n) is 8.30. The standard InChI is InChI=1S/C26H28N4O6/c1-3-28-12-14-29(15-13-28)22-9-8-19(26(32)35-4-2)17-21(22)27-25(31)24-11-10-23(36-24)18-6-5-7-20(16-18)30(33)34/h5-11,16-17H,3-4,12-15H2,1-2H3,(H,27,31). The van der Waals surface area contributed by atoms with E-state index >= 15 is 0 Å². The summed E-state index contributed by atoms with van der Waals surface area (Å²) in [6, 6.07) is 14.2. The molecule has 0 saturated carbocycles. The van der Waals surface area contributed by atoms with Crippen molar-refractivity contribution >= 4 is 28.9 Å². The van der Waals surface area contributed by atoms with Gasteiger partial charge < -0.3 is 24.3 Å². The summed E-state index contributed by atoms with van der Waals surface area (Å²) in [5.74, 6) is -0.595. The van der Waals surface area contributed by atoms with Gasteiger partial charge >= 0.3 is 5.97 Å². The maximum absolute atomic E-state index is 13.1. The Bertz CT molecular complexity index is 1260. The van der Waals surface area contributed by atoms with Gasteiger partial charge in [-0.2, -0.15) is 0 Å². The summed E-state index contributed by atoms with van der Waals surface area (Å²) in [6.07, 6.45) is 0. The Morgan fingerprint density at radius 1 is 1.06 bits per heavy atom. The number of nitrogens with one attached hydrogen (secondary N) is 1. The van der Waals surface area contributed by atoms with Crippen LogP contribution in [0.5, 0.6) is 0 Å². The molecule has 4 rings (SSSR count). The van der Waals surface area contributed by atoms with E-state index in [1.807, 2.05) is 6.07 Å². The molecular weight excluding hydrogens is 464 g/mol. The Balaban J connectivity index is 1.59. The molecule has 10 heteroatoms. The zero-order valence-electron chi connectivity index (χ0n) is 20.2. The van der Waals surface area contributed by atoms with Crippen LogP contribution in [-0.4, -0.2) is 61.0 Å². The zero-order chi connectivity index (χ0) is 25.7. The first-order valence-corrected chi connectivity index (χ1v) is 11.8. The van der Waals surface area contributed by atoms with Gasteiger partial charge in [0.15, 0.2) is 5.76 Å². The third kappa shape index (κ3) is 5.55. The minimum atomic E-state index is -0.499. The highest BCUT2D eigenvalue weighted by molar-refractivity contribution is 6.05. The highest BCUT2D eigenvalue weighted by Crippen LogP contribution is 2.30. The van der Waals surface area contributed by atoms with E-state index in [1.54, 1.807) is 37.3 Å². The number of carbonyl (C=O) groups is 2. The van der Waals surface area contributed by atoms with E-state index in [0.29, 0.717) is 22.6 Å². The van der Waals surface area contributed by atoms with Crippen molar-refractivity contribution in [3.63, 3.8) is 0 Å². The van der Waals surface area contributed by atoms with Gasteiger partial charge in [-0.15, -0.1) is 0 Å². The molecular formula is C26H28N4O6. The number of benzene rings is 2. The molecule has 0 bridgehead atoms. The second-order valence-corrected chi connectivity index (χ2v) is 8.30. The Morgan fingerprint density at radius 3 is 2.53 bits per heavy atom. The lowest BCUT2D eigenvalue weighted by molar-refractivity contribution is -0.384. The normalized spacial score (nSPS) is 13.9. The summed E-state index contributed by atoms with van der Waals surface area (Å²) in [5.41, 5.74) is 2.03. The van der Waals surface area contributed by atoms with Crippen LogP contribution in [-0.2, 0) is 4.74 Å². The minimum Gasteiger partial charge on any atom is -0.462 e. The minimum absolute atomic E-state index is 0.0415. The number of piperazine rings is 1. The quantitative estimate of drug-likeness (QED) is 0.279. The summed E-state index contributed by atoms with van der Waals surface area (Å²) in [6.45, 7) is 8.44. The van der Waals surface area contributed by atoms with Crippen molar-refractivity contribution in [3.05, 3.63) is 76.0 Å². The van der Waals surface area contributed by atoms with Crippen molar-refractivity contribution in [3.8, 4) is 11.3 Å². The van der Waals surface area contributed by atoms with Crippen molar-refractivity contribution in [1.82, 2.24) is 4.90 Å². The smallest absolute Gasteiger partial charge is 0.338 e. The summed E-state index contributed by atoms with van der Waals surface area (Å²) in [7, 11) is 0. The molecule has 0 spiro atoms. The summed E-state index contributed by atoms with van der Waals surface area (Å²) >= 11 is 0. The summed E-state index contributed by atoms with van der Waals surface area (Å²) in [5, 5.41) is 14.0. The van der Waals surface area contributed by atoms with E-state index in [9.17, 15) is 19.7 Å². The van der Waals surface area contributed by atoms with Crippen LogP contribution in [0, 0.1) is 10.1 Å². The SMILES string of the molecule is CCOC(=O)c1ccc(N2CCN(CC)CC2)c(NC(=O)c2ccc(-c3cccc([N+](=O)[O-])c3)o2)c1. The molecule has 1 aliphatic rings. The molecule has 1 aliphatic heterocycles. The number of likely N-dealkylation sites (N-methyl/N-ethyl adjacent to an activating group) is 1. The predicted molar refractivity (Wildman–Crippen MR) is 135 cm³/mol. The number of rotatable bonds is 8. The summed E-state index contributed by atoms with van der Waals surface area (Å²) < 4.78 is 10.8. The van der Waals surface area contributed by atoms with Gasteiger partial charge in [0.2, 0.25) is 0 Å². The molecule has 1 aromatic heterocycles. The van der Waals surface area contributed by atoms with Gasteiger partial charge in [0.05, 0.1) is 28.5 Å². The van der Waals surface area contributed by atoms with Gasteiger partial charge in [-0.05, 0) is 43.8 Å². The number of nitrogens with zero attached hydrogens (tertiary/aromatic N) is 3. The lowest BCUT2D eigenvalue weighted by Gasteiger charge is -2.36. The molecule has 2 heterocycles. The summed E-state index contributed by atoms with van der Waals surface area (Å²) in [4.78, 5) is 40.6. The van der Waals surface area contributed by atoms with E-state index in [4.69, 9.17) is 9.15 Å². The Morgan fingerprint density at radius 2 is 1.83 bits per heavy atom. The topological polar surface area (TPSA) is 118 Å². The molecule has 2 aromatic carbocycles. The molecule has 1 N–H and O–H groups in total. The van der Waals surface area contributed by atoms with E-state index < -0.39 is 16.8 Å². The molecule has 3 aromatic rings. The van der Waals surface area contributed by atoms with Crippen LogP contribution in [0.2, 0.25) is 0 Å². The van der Waals surface area contributed by atoms with Crippen LogP contribution in [0.4, 0.5) is 17.1 Å². The van der Waals surface area contributed by atoms with E-state index in [2.05, 4.69) is 22.0 Å². The molecule has 1 fully saturated rings.